The number of aryl methyl sites for hydroxylation is 1. The van der Waals surface area contributed by atoms with Crippen LogP contribution in [0.15, 0.2) is 42.7 Å². The number of hydrogen-bond acceptors (Lipinski definition) is 4. The van der Waals surface area contributed by atoms with E-state index in [4.69, 9.17) is 9.84 Å². The highest BCUT2D eigenvalue weighted by atomic mass is 16.5. The minimum absolute atomic E-state index is 0.213. The Bertz CT molecular complexity index is 558. The first-order valence-electron chi connectivity index (χ1n) is 7.20. The van der Waals surface area contributed by atoms with Crippen molar-refractivity contribution < 1.29 is 9.84 Å². The number of pyridine rings is 1. The van der Waals surface area contributed by atoms with Gasteiger partial charge in [-0.25, -0.2) is 0 Å². The molecule has 0 aliphatic heterocycles. The molecular formula is C17H22N2O2. The first kappa shape index (κ1) is 15.5. The Labute approximate surface area is 125 Å². The van der Waals surface area contributed by atoms with Crippen LogP contribution in [0.25, 0.3) is 0 Å². The van der Waals surface area contributed by atoms with Crippen molar-refractivity contribution in [1.29, 1.82) is 0 Å². The van der Waals surface area contributed by atoms with Crippen LogP contribution in [0.1, 0.15) is 24.5 Å². The van der Waals surface area contributed by atoms with Gasteiger partial charge in [-0.3, -0.25) is 4.98 Å². The van der Waals surface area contributed by atoms with E-state index in [2.05, 4.69) is 29.4 Å². The van der Waals surface area contributed by atoms with Crippen LogP contribution in [0, 0.1) is 6.92 Å². The number of aromatic nitrogens is 1. The standard InChI is InChI=1S/C17H22N2O2/c1-13-10-15(11-19-14(2)7-9-20)5-6-17(13)21-16-4-3-8-18-12-16/h3-6,8,10,12,14,19-20H,7,9,11H2,1-2H3/t14-/m1/s1. The number of rotatable bonds is 7. The zero-order valence-corrected chi connectivity index (χ0v) is 12.5. The van der Waals surface area contributed by atoms with E-state index in [0.29, 0.717) is 6.04 Å². The molecule has 1 heterocycles. The summed E-state index contributed by atoms with van der Waals surface area (Å²) in [6.07, 6.45) is 4.19. The maximum absolute atomic E-state index is 8.89. The minimum Gasteiger partial charge on any atom is -0.455 e. The summed E-state index contributed by atoms with van der Waals surface area (Å²) in [4.78, 5) is 4.04. The van der Waals surface area contributed by atoms with Crippen LogP contribution in [0.2, 0.25) is 0 Å². The lowest BCUT2D eigenvalue weighted by Crippen LogP contribution is -2.26. The van der Waals surface area contributed by atoms with E-state index < -0.39 is 0 Å². The second-order valence-corrected chi connectivity index (χ2v) is 5.18. The maximum Gasteiger partial charge on any atom is 0.145 e. The number of nitrogens with one attached hydrogen (secondary N) is 1. The van der Waals surface area contributed by atoms with Gasteiger partial charge in [-0.1, -0.05) is 12.1 Å². The van der Waals surface area contributed by atoms with Crippen molar-refractivity contribution in [2.45, 2.75) is 32.9 Å². The Morgan fingerprint density at radius 1 is 1.33 bits per heavy atom. The van der Waals surface area contributed by atoms with Crippen LogP contribution in [-0.4, -0.2) is 22.7 Å². The second-order valence-electron chi connectivity index (χ2n) is 5.18. The molecular weight excluding hydrogens is 264 g/mol. The monoisotopic (exact) mass is 286 g/mol. The zero-order chi connectivity index (χ0) is 15.1. The highest BCUT2D eigenvalue weighted by Crippen LogP contribution is 2.25. The van der Waals surface area contributed by atoms with Gasteiger partial charge in [0.25, 0.3) is 0 Å². The summed E-state index contributed by atoms with van der Waals surface area (Å²) < 4.78 is 5.81. The fraction of sp³-hybridized carbons (Fsp3) is 0.353. The quantitative estimate of drug-likeness (QED) is 0.821. The number of nitrogens with zero attached hydrogens (tertiary/aromatic N) is 1. The van der Waals surface area contributed by atoms with E-state index in [1.165, 1.54) is 5.56 Å². The molecule has 0 saturated carbocycles. The summed E-state index contributed by atoms with van der Waals surface area (Å²) in [5.74, 6) is 1.58. The Kier molecular flexibility index (Phi) is 5.72. The minimum atomic E-state index is 0.213. The van der Waals surface area contributed by atoms with Crippen molar-refractivity contribution in [1.82, 2.24) is 10.3 Å². The zero-order valence-electron chi connectivity index (χ0n) is 12.5. The van der Waals surface area contributed by atoms with Crippen LogP contribution in [0.4, 0.5) is 0 Å². The van der Waals surface area contributed by atoms with Gasteiger partial charge in [-0.15, -0.1) is 0 Å². The third-order valence-electron chi connectivity index (χ3n) is 3.32. The fourth-order valence-electron chi connectivity index (χ4n) is 2.06. The molecule has 0 spiro atoms. The van der Waals surface area contributed by atoms with E-state index in [0.717, 1.165) is 30.0 Å². The molecule has 2 rings (SSSR count). The maximum atomic E-state index is 8.89. The molecule has 21 heavy (non-hydrogen) atoms. The van der Waals surface area contributed by atoms with Crippen molar-refractivity contribution in [3.8, 4) is 11.5 Å². The van der Waals surface area contributed by atoms with Gasteiger partial charge in [-0.2, -0.15) is 0 Å². The second kappa shape index (κ2) is 7.76. The van der Waals surface area contributed by atoms with Crippen LogP contribution < -0.4 is 10.1 Å². The molecule has 0 saturated heterocycles. The molecule has 0 amide bonds. The van der Waals surface area contributed by atoms with Crippen LogP contribution in [0.5, 0.6) is 11.5 Å². The van der Waals surface area contributed by atoms with Crippen LogP contribution in [0.3, 0.4) is 0 Å². The predicted octanol–water partition coefficient (Wildman–Crippen LogP) is 3.04. The third-order valence-corrected chi connectivity index (χ3v) is 3.32. The van der Waals surface area contributed by atoms with Gasteiger partial charge in [0.15, 0.2) is 0 Å². The van der Waals surface area contributed by atoms with Crippen molar-refractivity contribution >= 4 is 0 Å². The molecule has 0 unspecified atom stereocenters. The van der Waals surface area contributed by atoms with Crippen LogP contribution >= 0.6 is 0 Å². The van der Waals surface area contributed by atoms with Crippen molar-refractivity contribution in [2.75, 3.05) is 6.61 Å². The first-order chi connectivity index (χ1) is 10.2. The van der Waals surface area contributed by atoms with Crippen molar-refractivity contribution in [3.05, 3.63) is 53.9 Å². The molecule has 1 atom stereocenters. The molecule has 1 aromatic heterocycles. The summed E-state index contributed by atoms with van der Waals surface area (Å²) in [6, 6.07) is 10.2. The number of aliphatic hydroxyl groups excluding tert-OH is 1. The molecule has 0 fully saturated rings. The Morgan fingerprint density at radius 3 is 2.86 bits per heavy atom. The van der Waals surface area contributed by atoms with Crippen molar-refractivity contribution in [3.63, 3.8) is 0 Å². The highest BCUT2D eigenvalue weighted by molar-refractivity contribution is 5.39. The average Bonchev–Trinajstić information content (AvgIpc) is 2.49. The Hall–Kier alpha value is -1.91. The summed E-state index contributed by atoms with van der Waals surface area (Å²) in [6.45, 7) is 5.11. The van der Waals surface area contributed by atoms with Crippen LogP contribution in [-0.2, 0) is 6.54 Å². The number of hydrogen-bond donors (Lipinski definition) is 2. The number of ether oxygens (including phenoxy) is 1. The lowest BCUT2D eigenvalue weighted by atomic mass is 10.1. The van der Waals surface area contributed by atoms with Gasteiger partial charge in [0.2, 0.25) is 0 Å². The number of aliphatic hydroxyl groups is 1. The predicted molar refractivity (Wildman–Crippen MR) is 83.5 cm³/mol. The van der Waals surface area contributed by atoms with Gasteiger partial charge >= 0.3 is 0 Å². The van der Waals surface area contributed by atoms with E-state index >= 15 is 0 Å². The van der Waals surface area contributed by atoms with E-state index in [-0.39, 0.29) is 6.61 Å². The van der Waals surface area contributed by atoms with Crippen molar-refractivity contribution in [2.24, 2.45) is 0 Å². The molecule has 2 N–H and O–H groups in total. The van der Waals surface area contributed by atoms with Gasteiger partial charge in [0.1, 0.15) is 11.5 Å². The van der Waals surface area contributed by atoms with Gasteiger partial charge in [0.05, 0.1) is 6.20 Å². The molecule has 4 nitrogen and oxygen atoms in total. The topological polar surface area (TPSA) is 54.4 Å². The molecule has 0 aliphatic rings. The molecule has 112 valence electrons. The van der Waals surface area contributed by atoms with E-state index in [9.17, 15) is 0 Å². The highest BCUT2D eigenvalue weighted by Gasteiger charge is 2.05. The average molecular weight is 286 g/mol. The Balaban J connectivity index is 1.97. The molecule has 4 heteroatoms. The lowest BCUT2D eigenvalue weighted by Gasteiger charge is -2.14. The summed E-state index contributed by atoms with van der Waals surface area (Å²) in [5, 5.41) is 12.3. The van der Waals surface area contributed by atoms with E-state index in [1.807, 2.05) is 25.1 Å². The normalized spacial score (nSPS) is 12.1. The summed E-state index contributed by atoms with van der Waals surface area (Å²) >= 11 is 0. The van der Waals surface area contributed by atoms with Gasteiger partial charge in [0, 0.05) is 25.4 Å². The summed E-state index contributed by atoms with van der Waals surface area (Å²) in [5.41, 5.74) is 2.30. The molecule has 0 bridgehead atoms. The Morgan fingerprint density at radius 2 is 2.19 bits per heavy atom. The molecule has 0 radical (unpaired) electrons. The van der Waals surface area contributed by atoms with Gasteiger partial charge < -0.3 is 15.2 Å². The van der Waals surface area contributed by atoms with E-state index in [1.54, 1.807) is 12.4 Å². The first-order valence-corrected chi connectivity index (χ1v) is 7.20. The SMILES string of the molecule is Cc1cc(CN[C@H](C)CCO)ccc1Oc1cccnc1. The molecule has 1 aromatic carbocycles. The van der Waals surface area contributed by atoms with Gasteiger partial charge in [-0.05, 0) is 49.6 Å². The fourth-order valence-corrected chi connectivity index (χ4v) is 2.06. The third kappa shape index (κ3) is 4.85. The lowest BCUT2D eigenvalue weighted by molar-refractivity contribution is 0.268. The smallest absolute Gasteiger partial charge is 0.145 e. The summed E-state index contributed by atoms with van der Waals surface area (Å²) in [7, 11) is 0. The number of benzene rings is 1. The molecule has 2 aromatic rings. The molecule has 0 aliphatic carbocycles. The largest absolute Gasteiger partial charge is 0.455 e.